The lowest BCUT2D eigenvalue weighted by Crippen LogP contribution is -2.09. The summed E-state index contributed by atoms with van der Waals surface area (Å²) in [5.74, 6) is -1.04. The predicted molar refractivity (Wildman–Crippen MR) is 55.1 cm³/mol. The van der Waals surface area contributed by atoms with Crippen LogP contribution in [-0.4, -0.2) is 29.3 Å². The minimum Gasteiger partial charge on any atom is -0.476 e. The first-order valence-corrected chi connectivity index (χ1v) is 5.48. The van der Waals surface area contributed by atoms with Gasteiger partial charge in [-0.1, -0.05) is 0 Å². The number of thiazole rings is 1. The fraction of sp³-hybridized carbons (Fsp3) is 0.556. The SMILES string of the molecule is CCOC(OCC)c1nc(C(=O)O)cs1. The molecule has 1 rings (SSSR count). The third kappa shape index (κ3) is 3.26. The first-order chi connectivity index (χ1) is 7.19. The van der Waals surface area contributed by atoms with E-state index < -0.39 is 12.3 Å². The number of hydrogen-bond donors (Lipinski definition) is 1. The van der Waals surface area contributed by atoms with Crippen molar-refractivity contribution in [3.63, 3.8) is 0 Å². The Labute approximate surface area is 91.7 Å². The number of rotatable bonds is 6. The molecule has 0 bridgehead atoms. The summed E-state index contributed by atoms with van der Waals surface area (Å²) >= 11 is 1.22. The van der Waals surface area contributed by atoms with E-state index in [2.05, 4.69) is 4.98 Å². The van der Waals surface area contributed by atoms with Crippen LogP contribution < -0.4 is 0 Å². The zero-order valence-electron chi connectivity index (χ0n) is 8.60. The molecular weight excluding hydrogens is 218 g/mol. The molecule has 0 amide bonds. The maximum atomic E-state index is 10.6. The minimum absolute atomic E-state index is 0.0272. The van der Waals surface area contributed by atoms with Gasteiger partial charge in [0.15, 0.2) is 5.69 Å². The number of carboxylic acids is 1. The number of aromatic nitrogens is 1. The highest BCUT2D eigenvalue weighted by molar-refractivity contribution is 7.09. The molecule has 0 aliphatic heterocycles. The van der Waals surface area contributed by atoms with Gasteiger partial charge in [-0.05, 0) is 13.8 Å². The molecule has 84 valence electrons. The van der Waals surface area contributed by atoms with Crippen molar-refractivity contribution < 1.29 is 19.4 Å². The van der Waals surface area contributed by atoms with Crippen LogP contribution in [-0.2, 0) is 9.47 Å². The van der Waals surface area contributed by atoms with Gasteiger partial charge in [0.1, 0.15) is 5.01 Å². The Morgan fingerprint density at radius 1 is 1.53 bits per heavy atom. The summed E-state index contributed by atoms with van der Waals surface area (Å²) in [7, 11) is 0. The third-order valence-electron chi connectivity index (χ3n) is 1.58. The summed E-state index contributed by atoms with van der Waals surface area (Å²) in [6, 6.07) is 0. The largest absolute Gasteiger partial charge is 0.476 e. The molecule has 0 unspecified atom stereocenters. The van der Waals surface area contributed by atoms with Gasteiger partial charge in [0, 0.05) is 18.6 Å². The zero-order chi connectivity index (χ0) is 11.3. The molecule has 0 aliphatic carbocycles. The van der Waals surface area contributed by atoms with E-state index >= 15 is 0 Å². The Morgan fingerprint density at radius 2 is 2.13 bits per heavy atom. The maximum absolute atomic E-state index is 10.6. The van der Waals surface area contributed by atoms with Crippen LogP contribution >= 0.6 is 11.3 Å². The molecule has 1 aromatic heterocycles. The number of aromatic carboxylic acids is 1. The molecule has 5 nitrogen and oxygen atoms in total. The molecule has 0 radical (unpaired) electrons. The lowest BCUT2D eigenvalue weighted by molar-refractivity contribution is -0.140. The summed E-state index contributed by atoms with van der Waals surface area (Å²) in [5.41, 5.74) is 0.0272. The lowest BCUT2D eigenvalue weighted by atomic mass is 10.5. The second kappa shape index (κ2) is 5.79. The number of carboxylic acid groups (broad SMARTS) is 1. The molecule has 0 aromatic carbocycles. The van der Waals surface area contributed by atoms with Gasteiger partial charge in [-0.2, -0.15) is 0 Å². The fourth-order valence-electron chi connectivity index (χ4n) is 0.988. The number of carbonyl (C=O) groups is 1. The van der Waals surface area contributed by atoms with Crippen LogP contribution in [0.1, 0.15) is 35.6 Å². The first kappa shape index (κ1) is 12.1. The molecule has 1 aromatic rings. The van der Waals surface area contributed by atoms with Crippen LogP contribution in [0.4, 0.5) is 0 Å². The molecule has 0 aliphatic rings. The van der Waals surface area contributed by atoms with E-state index in [1.807, 2.05) is 13.8 Å². The van der Waals surface area contributed by atoms with Crippen LogP contribution in [0.15, 0.2) is 5.38 Å². The number of ether oxygens (including phenoxy) is 2. The Morgan fingerprint density at radius 3 is 2.53 bits per heavy atom. The average Bonchev–Trinajstić information content (AvgIpc) is 2.66. The van der Waals surface area contributed by atoms with Gasteiger partial charge in [0.25, 0.3) is 0 Å². The molecule has 15 heavy (non-hydrogen) atoms. The van der Waals surface area contributed by atoms with Crippen molar-refractivity contribution in [1.82, 2.24) is 4.98 Å². The highest BCUT2D eigenvalue weighted by atomic mass is 32.1. The second-order valence-electron chi connectivity index (χ2n) is 2.62. The molecule has 0 saturated carbocycles. The van der Waals surface area contributed by atoms with Gasteiger partial charge >= 0.3 is 5.97 Å². The molecule has 0 fully saturated rings. The lowest BCUT2D eigenvalue weighted by Gasteiger charge is -2.13. The molecule has 6 heteroatoms. The standard InChI is InChI=1S/C9H13NO4S/c1-3-13-9(14-4-2)7-10-6(5-15-7)8(11)12/h5,9H,3-4H2,1-2H3,(H,11,12). The van der Waals surface area contributed by atoms with Crippen LogP contribution in [0.3, 0.4) is 0 Å². The van der Waals surface area contributed by atoms with Crippen LogP contribution in [0.2, 0.25) is 0 Å². The molecule has 1 N–H and O–H groups in total. The Bertz CT molecular complexity index is 320. The van der Waals surface area contributed by atoms with Crippen molar-refractivity contribution in [3.05, 3.63) is 16.1 Å². The number of nitrogens with zero attached hydrogens (tertiary/aromatic N) is 1. The maximum Gasteiger partial charge on any atom is 0.355 e. The normalized spacial score (nSPS) is 10.9. The Balaban J connectivity index is 2.76. The van der Waals surface area contributed by atoms with Crippen molar-refractivity contribution in [2.45, 2.75) is 20.1 Å². The van der Waals surface area contributed by atoms with Crippen molar-refractivity contribution in [2.75, 3.05) is 13.2 Å². The van der Waals surface area contributed by atoms with E-state index in [0.29, 0.717) is 18.2 Å². The summed E-state index contributed by atoms with van der Waals surface area (Å²) < 4.78 is 10.6. The average molecular weight is 231 g/mol. The monoisotopic (exact) mass is 231 g/mol. The van der Waals surface area contributed by atoms with Gasteiger partial charge in [0.2, 0.25) is 6.29 Å². The van der Waals surface area contributed by atoms with Crippen molar-refractivity contribution in [2.24, 2.45) is 0 Å². The quantitative estimate of drug-likeness (QED) is 0.757. The van der Waals surface area contributed by atoms with Crippen molar-refractivity contribution in [1.29, 1.82) is 0 Å². The van der Waals surface area contributed by atoms with Gasteiger partial charge < -0.3 is 14.6 Å². The summed E-state index contributed by atoms with van der Waals surface area (Å²) in [5, 5.41) is 10.7. The molecular formula is C9H13NO4S. The fourth-order valence-corrected chi connectivity index (χ4v) is 1.77. The van der Waals surface area contributed by atoms with Crippen LogP contribution in [0.5, 0.6) is 0 Å². The summed E-state index contributed by atoms with van der Waals surface area (Å²) in [6.45, 7) is 4.68. The topological polar surface area (TPSA) is 68.7 Å². The summed E-state index contributed by atoms with van der Waals surface area (Å²) in [4.78, 5) is 14.5. The van der Waals surface area contributed by atoms with E-state index in [1.54, 1.807) is 0 Å². The Kier molecular flexibility index (Phi) is 4.67. The van der Waals surface area contributed by atoms with Crippen LogP contribution in [0.25, 0.3) is 0 Å². The van der Waals surface area contributed by atoms with Crippen molar-refractivity contribution in [3.8, 4) is 0 Å². The van der Waals surface area contributed by atoms with Gasteiger partial charge in [-0.3, -0.25) is 0 Å². The van der Waals surface area contributed by atoms with E-state index in [9.17, 15) is 4.79 Å². The van der Waals surface area contributed by atoms with E-state index in [4.69, 9.17) is 14.6 Å². The van der Waals surface area contributed by atoms with Gasteiger partial charge in [-0.25, -0.2) is 9.78 Å². The smallest absolute Gasteiger partial charge is 0.355 e. The molecule has 0 saturated heterocycles. The highest BCUT2D eigenvalue weighted by Crippen LogP contribution is 2.22. The van der Waals surface area contributed by atoms with E-state index in [0.717, 1.165) is 0 Å². The highest BCUT2D eigenvalue weighted by Gasteiger charge is 2.17. The second-order valence-corrected chi connectivity index (χ2v) is 3.51. The van der Waals surface area contributed by atoms with Gasteiger partial charge in [-0.15, -0.1) is 11.3 Å². The minimum atomic E-state index is -1.04. The Hall–Kier alpha value is -0.980. The number of hydrogen-bond acceptors (Lipinski definition) is 5. The third-order valence-corrected chi connectivity index (χ3v) is 2.45. The molecule has 0 spiro atoms. The molecule has 1 heterocycles. The zero-order valence-corrected chi connectivity index (χ0v) is 9.41. The van der Waals surface area contributed by atoms with E-state index in [1.165, 1.54) is 16.7 Å². The van der Waals surface area contributed by atoms with Crippen LogP contribution in [0, 0.1) is 0 Å². The van der Waals surface area contributed by atoms with Gasteiger partial charge in [0.05, 0.1) is 0 Å². The molecule has 0 atom stereocenters. The predicted octanol–water partition coefficient (Wildman–Crippen LogP) is 1.91. The first-order valence-electron chi connectivity index (χ1n) is 4.61. The summed E-state index contributed by atoms with van der Waals surface area (Å²) in [6.07, 6.45) is -0.557. The van der Waals surface area contributed by atoms with Crippen molar-refractivity contribution >= 4 is 17.3 Å². The van der Waals surface area contributed by atoms with E-state index in [-0.39, 0.29) is 5.69 Å².